The van der Waals surface area contributed by atoms with Gasteiger partial charge >= 0.3 is 0 Å². The van der Waals surface area contributed by atoms with E-state index in [0.29, 0.717) is 22.6 Å². The predicted molar refractivity (Wildman–Crippen MR) is 169 cm³/mol. The molecule has 0 atom stereocenters. The summed E-state index contributed by atoms with van der Waals surface area (Å²) in [6.07, 6.45) is 0. The summed E-state index contributed by atoms with van der Waals surface area (Å²) in [5, 5.41) is 44.7. The Balaban J connectivity index is 1.58. The van der Waals surface area contributed by atoms with Crippen molar-refractivity contribution in [2.75, 3.05) is 26.4 Å². The van der Waals surface area contributed by atoms with Crippen LogP contribution in [0, 0.1) is 0 Å². The molecule has 0 amide bonds. The van der Waals surface area contributed by atoms with E-state index in [1.807, 2.05) is 78.9 Å². The summed E-state index contributed by atoms with van der Waals surface area (Å²) < 4.78 is 11.3. The highest BCUT2D eigenvalue weighted by Crippen LogP contribution is 2.47. The maximum absolute atomic E-state index is 11.5. The number of benzene rings is 6. The fourth-order valence-corrected chi connectivity index (χ4v) is 5.73. The molecule has 0 saturated heterocycles. The predicted octanol–water partition coefficient (Wildman–Crippen LogP) is 6.99. The van der Waals surface area contributed by atoms with Crippen molar-refractivity contribution in [2.24, 2.45) is 0 Å². The topological polar surface area (TPSA) is 99.4 Å². The summed E-state index contributed by atoms with van der Waals surface area (Å²) >= 11 is 0. The van der Waals surface area contributed by atoms with E-state index in [2.05, 4.69) is 24.3 Å². The van der Waals surface area contributed by atoms with E-state index < -0.39 is 5.92 Å². The Morgan fingerprint density at radius 1 is 0.512 bits per heavy atom. The van der Waals surface area contributed by atoms with Crippen LogP contribution in [0.1, 0.15) is 22.6 Å². The number of rotatable bonds is 10. The van der Waals surface area contributed by atoms with Gasteiger partial charge in [0.25, 0.3) is 0 Å². The van der Waals surface area contributed by atoms with Crippen LogP contribution in [-0.2, 0) is 0 Å². The van der Waals surface area contributed by atoms with Crippen molar-refractivity contribution in [1.29, 1.82) is 0 Å². The molecule has 0 spiro atoms. The molecular formula is C37H32O6. The van der Waals surface area contributed by atoms with E-state index in [1.165, 1.54) is 0 Å². The van der Waals surface area contributed by atoms with Gasteiger partial charge in [-0.25, -0.2) is 0 Å². The third kappa shape index (κ3) is 5.71. The van der Waals surface area contributed by atoms with Gasteiger partial charge in [-0.05, 0) is 74.6 Å². The number of aromatic hydroxyl groups is 2. The Labute approximate surface area is 249 Å². The van der Waals surface area contributed by atoms with Gasteiger partial charge in [-0.3, -0.25) is 0 Å². The molecule has 0 fully saturated rings. The molecule has 0 aliphatic rings. The Hall–Kier alpha value is -5.04. The second kappa shape index (κ2) is 12.4. The Morgan fingerprint density at radius 2 is 1.00 bits per heavy atom. The van der Waals surface area contributed by atoms with Gasteiger partial charge in [0.05, 0.1) is 13.2 Å². The van der Waals surface area contributed by atoms with E-state index in [4.69, 9.17) is 9.47 Å². The molecule has 0 bridgehead atoms. The van der Waals surface area contributed by atoms with Gasteiger partial charge in [0.1, 0.15) is 36.2 Å². The minimum atomic E-state index is -0.536. The second-order valence-electron chi connectivity index (χ2n) is 10.3. The Bertz CT molecular complexity index is 1770. The van der Waals surface area contributed by atoms with E-state index in [-0.39, 0.29) is 37.9 Å². The van der Waals surface area contributed by atoms with Crippen molar-refractivity contribution in [3.05, 3.63) is 132 Å². The molecule has 0 aliphatic heterocycles. The molecule has 0 radical (unpaired) electrons. The van der Waals surface area contributed by atoms with E-state index >= 15 is 0 Å². The zero-order chi connectivity index (χ0) is 29.8. The van der Waals surface area contributed by atoms with Crippen molar-refractivity contribution in [2.45, 2.75) is 5.92 Å². The molecular weight excluding hydrogens is 540 g/mol. The van der Waals surface area contributed by atoms with Crippen molar-refractivity contribution in [1.82, 2.24) is 0 Å². The van der Waals surface area contributed by atoms with Crippen LogP contribution < -0.4 is 9.47 Å². The maximum Gasteiger partial charge on any atom is 0.120 e. The molecule has 6 aromatic carbocycles. The standard InChI is InChI=1S/C37H32O6/c38-18-20-42-29-12-14-31-27(22-29)10-16-33(40)36(31)35(26-8-6-25(7-9-26)24-4-2-1-3-5-24)37-32-15-13-30(43-21-19-39)23-28(32)11-17-34(37)41/h1-17,22-23,35,38-41H,18-21H2. The lowest BCUT2D eigenvalue weighted by atomic mass is 9.79. The molecule has 0 unspecified atom stereocenters. The number of hydrogen-bond donors (Lipinski definition) is 4. The average molecular weight is 573 g/mol. The van der Waals surface area contributed by atoms with Crippen LogP contribution in [0.25, 0.3) is 32.7 Å². The van der Waals surface area contributed by atoms with Crippen molar-refractivity contribution in [3.8, 4) is 34.1 Å². The quantitative estimate of drug-likeness (QED) is 0.132. The number of aliphatic hydroxyl groups excluding tert-OH is 2. The van der Waals surface area contributed by atoms with Gasteiger partial charge in [0.15, 0.2) is 0 Å². The van der Waals surface area contributed by atoms with Crippen LogP contribution >= 0.6 is 0 Å². The van der Waals surface area contributed by atoms with E-state index in [9.17, 15) is 20.4 Å². The van der Waals surface area contributed by atoms with E-state index in [1.54, 1.807) is 12.1 Å². The van der Waals surface area contributed by atoms with Crippen LogP contribution in [0.15, 0.2) is 115 Å². The first kappa shape index (κ1) is 28.1. The first-order valence-corrected chi connectivity index (χ1v) is 14.2. The smallest absolute Gasteiger partial charge is 0.120 e. The van der Waals surface area contributed by atoms with Crippen LogP contribution in [-0.4, -0.2) is 46.9 Å². The summed E-state index contributed by atoms with van der Waals surface area (Å²) in [6.45, 7) is 0.182. The molecule has 0 heterocycles. The monoisotopic (exact) mass is 572 g/mol. The summed E-state index contributed by atoms with van der Waals surface area (Å²) in [4.78, 5) is 0. The van der Waals surface area contributed by atoms with Crippen LogP contribution in [0.4, 0.5) is 0 Å². The number of aliphatic hydroxyl groups is 2. The molecule has 6 aromatic rings. The van der Waals surface area contributed by atoms with Crippen LogP contribution in [0.3, 0.4) is 0 Å². The summed E-state index contributed by atoms with van der Waals surface area (Å²) in [6, 6.07) is 36.6. The molecule has 0 aliphatic carbocycles. The number of hydrogen-bond acceptors (Lipinski definition) is 6. The molecule has 216 valence electrons. The molecule has 43 heavy (non-hydrogen) atoms. The normalized spacial score (nSPS) is 11.3. The Morgan fingerprint density at radius 3 is 1.49 bits per heavy atom. The van der Waals surface area contributed by atoms with Crippen LogP contribution in [0.5, 0.6) is 23.0 Å². The summed E-state index contributed by atoms with van der Waals surface area (Å²) in [5.41, 5.74) is 4.36. The number of fused-ring (bicyclic) bond motifs is 2. The largest absolute Gasteiger partial charge is 0.508 e. The van der Waals surface area contributed by atoms with Gasteiger partial charge in [-0.15, -0.1) is 0 Å². The number of ether oxygens (including phenoxy) is 2. The maximum atomic E-state index is 11.5. The van der Waals surface area contributed by atoms with Crippen molar-refractivity contribution in [3.63, 3.8) is 0 Å². The van der Waals surface area contributed by atoms with Gasteiger partial charge in [-0.1, -0.05) is 78.9 Å². The lowest BCUT2D eigenvalue weighted by molar-refractivity contribution is 0.201. The number of phenols is 2. The highest BCUT2D eigenvalue weighted by molar-refractivity contribution is 5.94. The zero-order valence-corrected chi connectivity index (χ0v) is 23.5. The lowest BCUT2D eigenvalue weighted by Crippen LogP contribution is -2.07. The summed E-state index contributed by atoms with van der Waals surface area (Å²) in [7, 11) is 0. The van der Waals surface area contributed by atoms with E-state index in [0.717, 1.165) is 38.2 Å². The SMILES string of the molecule is OCCOc1ccc2c(C(c3ccc(-c4ccccc4)cc3)c3c(O)ccc4cc(OCCO)ccc34)c(O)ccc2c1. The molecule has 6 rings (SSSR count). The van der Waals surface area contributed by atoms with Crippen LogP contribution in [0.2, 0.25) is 0 Å². The molecule has 0 saturated carbocycles. The first-order chi connectivity index (χ1) is 21.1. The first-order valence-electron chi connectivity index (χ1n) is 14.2. The van der Waals surface area contributed by atoms with Gasteiger partial charge in [0.2, 0.25) is 0 Å². The van der Waals surface area contributed by atoms with Gasteiger partial charge in [0, 0.05) is 17.0 Å². The average Bonchev–Trinajstić information content (AvgIpc) is 3.05. The third-order valence-electron chi connectivity index (χ3n) is 7.67. The molecule has 6 heteroatoms. The second-order valence-corrected chi connectivity index (χ2v) is 10.3. The molecule has 4 N–H and O–H groups in total. The number of phenolic OH excluding ortho intramolecular Hbond substituents is 2. The van der Waals surface area contributed by atoms with Crippen molar-refractivity contribution >= 4 is 21.5 Å². The van der Waals surface area contributed by atoms with Gasteiger partial charge in [-0.2, -0.15) is 0 Å². The minimum absolute atomic E-state index is 0.0902. The molecule has 0 aromatic heterocycles. The highest BCUT2D eigenvalue weighted by Gasteiger charge is 2.27. The van der Waals surface area contributed by atoms with Gasteiger partial charge < -0.3 is 29.9 Å². The lowest BCUT2D eigenvalue weighted by Gasteiger charge is -2.25. The fraction of sp³-hybridized carbons (Fsp3) is 0.135. The fourth-order valence-electron chi connectivity index (χ4n) is 5.73. The summed E-state index contributed by atoms with van der Waals surface area (Å²) in [5.74, 6) is 0.905. The Kier molecular flexibility index (Phi) is 8.13. The highest BCUT2D eigenvalue weighted by atomic mass is 16.5. The zero-order valence-electron chi connectivity index (χ0n) is 23.5. The minimum Gasteiger partial charge on any atom is -0.508 e. The third-order valence-corrected chi connectivity index (χ3v) is 7.67. The molecule has 6 nitrogen and oxygen atoms in total. The van der Waals surface area contributed by atoms with Crippen molar-refractivity contribution < 1.29 is 29.9 Å².